The zero-order chi connectivity index (χ0) is 27.2. The second-order valence-electron chi connectivity index (χ2n) is 10.5. The molecule has 3 fully saturated rings. The molecule has 10 heteroatoms. The topological polar surface area (TPSA) is 129 Å². The number of cyclic esters (lactones) is 1. The third-order valence-electron chi connectivity index (χ3n) is 7.84. The van der Waals surface area contributed by atoms with Crippen LogP contribution < -0.4 is 21.3 Å². The van der Waals surface area contributed by atoms with Crippen molar-refractivity contribution in [2.75, 3.05) is 19.0 Å². The van der Waals surface area contributed by atoms with E-state index in [9.17, 15) is 19.2 Å². The maximum atomic E-state index is 13.6. The highest BCUT2D eigenvalue weighted by atomic mass is 16.5. The Morgan fingerprint density at radius 2 is 1.92 bits per heavy atom. The quantitative estimate of drug-likeness (QED) is 0.362. The fraction of sp³-hybridized carbons (Fsp3) is 0.571. The molecule has 3 amide bonds. The van der Waals surface area contributed by atoms with Gasteiger partial charge in [-0.15, -0.1) is 0 Å². The number of ether oxygens (including phenoxy) is 1. The van der Waals surface area contributed by atoms with Crippen molar-refractivity contribution in [2.24, 2.45) is 5.92 Å². The lowest BCUT2D eigenvalue weighted by Gasteiger charge is -2.36. The Hall–Kier alpha value is -3.40. The van der Waals surface area contributed by atoms with Gasteiger partial charge < -0.3 is 30.9 Å². The van der Waals surface area contributed by atoms with Crippen LogP contribution in [0.15, 0.2) is 36.5 Å². The summed E-state index contributed by atoms with van der Waals surface area (Å²) in [6.07, 6.45) is 5.15. The molecule has 4 N–H and O–H groups in total. The fourth-order valence-corrected chi connectivity index (χ4v) is 5.44. The number of amides is 3. The minimum Gasteiger partial charge on any atom is -0.465 e. The lowest BCUT2D eigenvalue weighted by molar-refractivity contribution is -0.142. The van der Waals surface area contributed by atoms with Crippen molar-refractivity contribution < 1.29 is 23.9 Å². The van der Waals surface area contributed by atoms with Gasteiger partial charge in [0.15, 0.2) is 0 Å². The number of benzene rings is 1. The fourth-order valence-electron chi connectivity index (χ4n) is 5.44. The molecular formula is C28H39N5O5. The van der Waals surface area contributed by atoms with Crippen LogP contribution in [0.2, 0.25) is 0 Å². The third-order valence-corrected chi connectivity index (χ3v) is 7.84. The van der Waals surface area contributed by atoms with E-state index in [0.29, 0.717) is 18.5 Å². The molecule has 4 rings (SSSR count). The van der Waals surface area contributed by atoms with E-state index in [1.54, 1.807) is 18.2 Å². The number of esters is 1. The first-order valence-corrected chi connectivity index (χ1v) is 13.5. The van der Waals surface area contributed by atoms with Gasteiger partial charge in [-0.2, -0.15) is 0 Å². The molecule has 0 aliphatic carbocycles. The Bertz CT molecular complexity index is 1080. The van der Waals surface area contributed by atoms with Crippen molar-refractivity contribution in [3.05, 3.63) is 42.1 Å². The van der Waals surface area contributed by atoms with Crippen LogP contribution in [0.25, 0.3) is 0 Å². The molecule has 0 spiro atoms. The van der Waals surface area contributed by atoms with Crippen LogP contribution in [-0.2, 0) is 30.5 Å². The first-order chi connectivity index (χ1) is 18.3. The highest BCUT2D eigenvalue weighted by Crippen LogP contribution is 2.31. The van der Waals surface area contributed by atoms with Crippen LogP contribution in [0.3, 0.4) is 0 Å². The van der Waals surface area contributed by atoms with E-state index >= 15 is 0 Å². The highest BCUT2D eigenvalue weighted by Gasteiger charge is 2.43. The number of rotatable bonds is 9. The largest absolute Gasteiger partial charge is 0.465 e. The molecule has 3 saturated heterocycles. The van der Waals surface area contributed by atoms with Gasteiger partial charge in [0, 0.05) is 30.0 Å². The van der Waals surface area contributed by atoms with Crippen LogP contribution in [0, 0.1) is 5.92 Å². The number of carbonyl (C=O) groups excluding carboxylic acids is 4. The number of carbonyl (C=O) groups is 4. The van der Waals surface area contributed by atoms with Crippen molar-refractivity contribution in [3.8, 4) is 0 Å². The maximum Gasteiger partial charge on any atom is 0.306 e. The van der Waals surface area contributed by atoms with Crippen molar-refractivity contribution in [1.82, 2.24) is 20.9 Å². The van der Waals surface area contributed by atoms with E-state index in [1.807, 2.05) is 24.9 Å². The lowest BCUT2D eigenvalue weighted by Crippen LogP contribution is -2.56. The number of hydrogen-bond donors (Lipinski definition) is 4. The molecule has 206 valence electrons. The van der Waals surface area contributed by atoms with Gasteiger partial charge in [-0.05, 0) is 57.4 Å². The first-order valence-electron chi connectivity index (χ1n) is 13.5. The number of hydrogen-bond acceptors (Lipinski definition) is 7. The van der Waals surface area contributed by atoms with Gasteiger partial charge in [0.1, 0.15) is 18.7 Å². The summed E-state index contributed by atoms with van der Waals surface area (Å²) in [7, 11) is 1.85. The van der Waals surface area contributed by atoms with Gasteiger partial charge in [0.2, 0.25) is 17.7 Å². The molecule has 38 heavy (non-hydrogen) atoms. The number of fused-ring (bicyclic) bond motifs is 1. The zero-order valence-electron chi connectivity index (χ0n) is 22.3. The molecule has 5 atom stereocenters. The van der Waals surface area contributed by atoms with Crippen molar-refractivity contribution >= 4 is 29.4 Å². The Morgan fingerprint density at radius 1 is 1.13 bits per heavy atom. The van der Waals surface area contributed by atoms with Gasteiger partial charge in [-0.3, -0.25) is 19.2 Å². The van der Waals surface area contributed by atoms with E-state index < -0.39 is 18.0 Å². The molecule has 0 saturated carbocycles. The Balaban J connectivity index is 1.37. The summed E-state index contributed by atoms with van der Waals surface area (Å²) in [6, 6.07) is 6.42. The Kier molecular flexibility index (Phi) is 9.04. The molecule has 0 radical (unpaired) electrons. The van der Waals surface area contributed by atoms with Gasteiger partial charge in [-0.1, -0.05) is 31.6 Å². The van der Waals surface area contributed by atoms with Gasteiger partial charge >= 0.3 is 5.97 Å². The van der Waals surface area contributed by atoms with Crippen LogP contribution in [0.5, 0.6) is 0 Å². The van der Waals surface area contributed by atoms with E-state index in [4.69, 9.17) is 4.74 Å². The summed E-state index contributed by atoms with van der Waals surface area (Å²) >= 11 is 0. The summed E-state index contributed by atoms with van der Waals surface area (Å²) in [6.45, 7) is 6.45. The minimum atomic E-state index is -0.507. The average Bonchev–Trinajstić information content (AvgIpc) is 3.53. The lowest BCUT2D eigenvalue weighted by atomic mass is 9.98. The van der Waals surface area contributed by atoms with Crippen LogP contribution in [-0.4, -0.2) is 66.4 Å². The Labute approximate surface area is 223 Å². The normalized spacial score (nSPS) is 26.0. The molecule has 0 aromatic heterocycles. The smallest absolute Gasteiger partial charge is 0.306 e. The summed E-state index contributed by atoms with van der Waals surface area (Å²) in [5.41, 5.74) is 2.17. The molecule has 0 bridgehead atoms. The number of anilines is 1. The second-order valence-corrected chi connectivity index (χ2v) is 10.5. The molecule has 10 nitrogen and oxygen atoms in total. The summed E-state index contributed by atoms with van der Waals surface area (Å²) < 4.78 is 4.88. The average molecular weight is 526 g/mol. The summed E-state index contributed by atoms with van der Waals surface area (Å²) in [5.74, 6) is -1.32. The molecule has 3 aliphatic heterocycles. The number of nitrogens with zero attached hydrogens (tertiary/aromatic N) is 1. The van der Waals surface area contributed by atoms with E-state index in [1.165, 1.54) is 0 Å². The van der Waals surface area contributed by atoms with E-state index in [-0.39, 0.29) is 55.3 Å². The minimum absolute atomic E-state index is 0.0243. The molecule has 3 aliphatic rings. The summed E-state index contributed by atoms with van der Waals surface area (Å²) in [5, 5.41) is 12.3. The second kappa shape index (κ2) is 12.4. The molecule has 1 unspecified atom stereocenters. The van der Waals surface area contributed by atoms with Gasteiger partial charge in [0.05, 0.1) is 12.3 Å². The van der Waals surface area contributed by atoms with Crippen LogP contribution in [0.1, 0.15) is 57.4 Å². The van der Waals surface area contributed by atoms with Crippen molar-refractivity contribution in [1.29, 1.82) is 0 Å². The third kappa shape index (κ3) is 6.53. The number of likely N-dealkylation sites (N-methyl/N-ethyl adjacent to an activating group) is 1. The van der Waals surface area contributed by atoms with Crippen molar-refractivity contribution in [2.45, 2.75) is 82.6 Å². The monoisotopic (exact) mass is 525 g/mol. The standard InChI is InChI=1S/C28H39N5O5/c1-17(29-3)18(2)31-23-10-5-4-9-22-11-12-24(33(22)28(23)37)27(36)30-15-19-7-6-8-21(13-19)32-26(35)20-14-25(34)38-16-20/h6-8,13,17,20,22-24,29,31H,2,4-5,9-12,14-16H2,1,3H3,(H,30,36)(H,32,35)/t17-,20?,22-,23-,24-/m0/s1. The van der Waals surface area contributed by atoms with Gasteiger partial charge in [-0.25, -0.2) is 0 Å². The predicted octanol–water partition coefficient (Wildman–Crippen LogP) is 1.82. The summed E-state index contributed by atoms with van der Waals surface area (Å²) in [4.78, 5) is 52.5. The van der Waals surface area contributed by atoms with Crippen LogP contribution in [0.4, 0.5) is 5.69 Å². The van der Waals surface area contributed by atoms with E-state index in [2.05, 4.69) is 27.8 Å². The number of nitrogens with one attached hydrogen (secondary N) is 4. The maximum absolute atomic E-state index is 13.6. The molecule has 1 aromatic rings. The zero-order valence-corrected chi connectivity index (χ0v) is 22.3. The van der Waals surface area contributed by atoms with Crippen LogP contribution >= 0.6 is 0 Å². The molecule has 1 aromatic carbocycles. The van der Waals surface area contributed by atoms with Gasteiger partial charge in [0.25, 0.3) is 0 Å². The Morgan fingerprint density at radius 3 is 2.66 bits per heavy atom. The molecular weight excluding hydrogens is 486 g/mol. The van der Waals surface area contributed by atoms with Crippen molar-refractivity contribution in [3.63, 3.8) is 0 Å². The highest BCUT2D eigenvalue weighted by molar-refractivity contribution is 5.96. The molecule has 3 heterocycles. The first kappa shape index (κ1) is 27.6. The van der Waals surface area contributed by atoms with E-state index in [0.717, 1.165) is 36.9 Å². The predicted molar refractivity (Wildman–Crippen MR) is 143 cm³/mol. The SMILES string of the molecule is C=C(N[C@H]1CCCC[C@H]2CC[C@@H](C(=O)NCc3cccc(NC(=O)C4COC(=O)C4)c3)N2C1=O)[C@H](C)NC.